The smallest absolute Gasteiger partial charge is 0.146 e. The van der Waals surface area contributed by atoms with Gasteiger partial charge in [0.2, 0.25) is 0 Å². The highest BCUT2D eigenvalue weighted by Gasteiger charge is 2.03. The fourth-order valence-corrected chi connectivity index (χ4v) is 1.33. The molecule has 1 aromatic carbocycles. The zero-order valence-corrected chi connectivity index (χ0v) is 9.15. The third-order valence-electron chi connectivity index (χ3n) is 1.87. The number of nitrogen functional groups attached to an aromatic ring is 1. The zero-order valence-electron chi connectivity index (χ0n) is 8.40. The number of anilines is 1. The van der Waals surface area contributed by atoms with Crippen LogP contribution in [0, 0.1) is 5.82 Å². The minimum atomic E-state index is -0.501. The van der Waals surface area contributed by atoms with E-state index in [9.17, 15) is 4.39 Å². The van der Waals surface area contributed by atoms with Crippen LogP contribution in [-0.2, 0) is 0 Å². The van der Waals surface area contributed by atoms with Gasteiger partial charge in [-0.05, 0) is 29.6 Å². The number of hydrogen-bond donors (Lipinski definition) is 1. The van der Waals surface area contributed by atoms with Crippen molar-refractivity contribution >= 4 is 23.4 Å². The lowest BCUT2D eigenvalue weighted by atomic mass is 10.1. The van der Waals surface area contributed by atoms with Crippen LogP contribution in [0.25, 0.3) is 16.5 Å². The summed E-state index contributed by atoms with van der Waals surface area (Å²) in [5.74, 6) is -0.501. The van der Waals surface area contributed by atoms with Crippen LogP contribution in [0.4, 0.5) is 10.1 Å². The van der Waals surface area contributed by atoms with Crippen molar-refractivity contribution in [1.82, 2.24) is 0 Å². The Labute approximate surface area is 97.1 Å². The summed E-state index contributed by atoms with van der Waals surface area (Å²) in [4.78, 5) is 2.61. The van der Waals surface area contributed by atoms with Crippen LogP contribution in [0.15, 0.2) is 23.3 Å². The lowest BCUT2D eigenvalue weighted by Crippen LogP contribution is -1.91. The van der Waals surface area contributed by atoms with Crippen molar-refractivity contribution in [1.29, 1.82) is 0 Å². The molecule has 0 radical (unpaired) electrons. The number of rotatable bonds is 4. The van der Waals surface area contributed by atoms with Crippen molar-refractivity contribution in [3.8, 4) is 0 Å². The van der Waals surface area contributed by atoms with E-state index in [1.807, 2.05) is 0 Å². The second-order valence-corrected chi connectivity index (χ2v) is 3.45. The molecule has 2 N–H and O–H groups in total. The molecule has 0 spiro atoms. The molecule has 1 rings (SSSR count). The van der Waals surface area contributed by atoms with Crippen molar-refractivity contribution in [2.75, 3.05) is 12.3 Å². The van der Waals surface area contributed by atoms with Crippen LogP contribution >= 0.6 is 11.6 Å². The summed E-state index contributed by atoms with van der Waals surface area (Å²) >= 11 is 5.86. The molecule has 0 saturated carbocycles. The quantitative estimate of drug-likeness (QED) is 0.281. The van der Waals surface area contributed by atoms with Gasteiger partial charge in [0.15, 0.2) is 0 Å². The van der Waals surface area contributed by atoms with Gasteiger partial charge < -0.3 is 5.73 Å². The SMILES string of the molecule is [N-]=[N+]=NCCC=Cc1cc(F)c(N)cc1Cl. The second kappa shape index (κ2) is 6.00. The lowest BCUT2D eigenvalue weighted by Gasteiger charge is -2.01. The Morgan fingerprint density at radius 2 is 2.31 bits per heavy atom. The third kappa shape index (κ3) is 3.46. The lowest BCUT2D eigenvalue weighted by molar-refractivity contribution is 0.632. The summed E-state index contributed by atoms with van der Waals surface area (Å²) < 4.78 is 13.1. The van der Waals surface area contributed by atoms with Crippen LogP contribution in [0.1, 0.15) is 12.0 Å². The van der Waals surface area contributed by atoms with Gasteiger partial charge in [0.25, 0.3) is 0 Å². The van der Waals surface area contributed by atoms with E-state index in [-0.39, 0.29) is 5.69 Å². The number of benzene rings is 1. The average molecular weight is 241 g/mol. The first-order valence-corrected chi connectivity index (χ1v) is 4.95. The molecule has 0 unspecified atom stereocenters. The summed E-state index contributed by atoms with van der Waals surface area (Å²) in [6.07, 6.45) is 4.00. The molecule has 1 aromatic rings. The van der Waals surface area contributed by atoms with E-state index < -0.39 is 5.82 Å². The molecular formula is C10H10ClFN4. The van der Waals surface area contributed by atoms with E-state index in [4.69, 9.17) is 22.9 Å². The van der Waals surface area contributed by atoms with Crippen LogP contribution in [0.3, 0.4) is 0 Å². The molecule has 16 heavy (non-hydrogen) atoms. The van der Waals surface area contributed by atoms with Crippen LogP contribution < -0.4 is 5.73 Å². The first-order valence-electron chi connectivity index (χ1n) is 4.57. The van der Waals surface area contributed by atoms with Gasteiger partial charge in [0, 0.05) is 11.5 Å². The first-order chi connectivity index (χ1) is 7.65. The van der Waals surface area contributed by atoms with E-state index in [1.54, 1.807) is 12.2 Å². The monoisotopic (exact) mass is 240 g/mol. The molecule has 0 bridgehead atoms. The number of azide groups is 1. The van der Waals surface area contributed by atoms with Gasteiger partial charge in [-0.25, -0.2) is 4.39 Å². The molecule has 0 heterocycles. The highest BCUT2D eigenvalue weighted by molar-refractivity contribution is 6.32. The van der Waals surface area contributed by atoms with Gasteiger partial charge in [0.05, 0.1) is 10.7 Å². The molecule has 6 heteroatoms. The summed E-state index contributed by atoms with van der Waals surface area (Å²) in [7, 11) is 0. The van der Waals surface area contributed by atoms with E-state index in [0.717, 1.165) is 0 Å². The molecule has 0 aliphatic heterocycles. The molecule has 0 aliphatic rings. The Bertz CT molecular complexity index is 452. The van der Waals surface area contributed by atoms with E-state index in [1.165, 1.54) is 12.1 Å². The number of nitrogens with zero attached hydrogens (tertiary/aromatic N) is 3. The standard InChI is InChI=1S/C10H10ClFN4/c11-8-6-10(13)9(12)5-7(8)3-1-2-4-15-16-14/h1,3,5-6H,2,4,13H2. The Morgan fingerprint density at radius 1 is 1.56 bits per heavy atom. The molecule has 0 fully saturated rings. The van der Waals surface area contributed by atoms with Gasteiger partial charge in [-0.3, -0.25) is 0 Å². The van der Waals surface area contributed by atoms with Crippen molar-refractivity contribution < 1.29 is 4.39 Å². The van der Waals surface area contributed by atoms with E-state index in [0.29, 0.717) is 23.6 Å². The fourth-order valence-electron chi connectivity index (χ4n) is 1.09. The number of halogens is 2. The highest BCUT2D eigenvalue weighted by Crippen LogP contribution is 2.23. The Kier molecular flexibility index (Phi) is 4.64. The predicted molar refractivity (Wildman–Crippen MR) is 63.5 cm³/mol. The highest BCUT2D eigenvalue weighted by atomic mass is 35.5. The largest absolute Gasteiger partial charge is 0.396 e. The second-order valence-electron chi connectivity index (χ2n) is 3.04. The summed E-state index contributed by atoms with van der Waals surface area (Å²) in [5.41, 5.74) is 14.0. The normalized spacial score (nSPS) is 10.4. The van der Waals surface area contributed by atoms with Crippen molar-refractivity contribution in [3.63, 3.8) is 0 Å². The van der Waals surface area contributed by atoms with Crippen molar-refractivity contribution in [2.24, 2.45) is 5.11 Å². The molecule has 0 amide bonds. The van der Waals surface area contributed by atoms with E-state index >= 15 is 0 Å². The maximum Gasteiger partial charge on any atom is 0.146 e. The maximum absolute atomic E-state index is 13.1. The van der Waals surface area contributed by atoms with Crippen molar-refractivity contribution in [2.45, 2.75) is 6.42 Å². The predicted octanol–water partition coefficient (Wildman–Crippen LogP) is 3.77. The molecule has 0 aromatic heterocycles. The minimum Gasteiger partial charge on any atom is -0.396 e. The van der Waals surface area contributed by atoms with Gasteiger partial charge in [-0.2, -0.15) is 0 Å². The zero-order chi connectivity index (χ0) is 12.0. The molecule has 84 valence electrons. The fraction of sp³-hybridized carbons (Fsp3) is 0.200. The molecule has 0 aliphatic carbocycles. The van der Waals surface area contributed by atoms with Gasteiger partial charge >= 0.3 is 0 Å². The summed E-state index contributed by atoms with van der Waals surface area (Å²) in [6, 6.07) is 2.63. The third-order valence-corrected chi connectivity index (χ3v) is 2.20. The van der Waals surface area contributed by atoms with Gasteiger partial charge in [-0.1, -0.05) is 28.9 Å². The summed E-state index contributed by atoms with van der Waals surface area (Å²) in [6.45, 7) is 0.363. The Balaban J connectivity index is 2.73. The molecule has 0 atom stereocenters. The van der Waals surface area contributed by atoms with Gasteiger partial charge in [0.1, 0.15) is 5.82 Å². The van der Waals surface area contributed by atoms with E-state index in [2.05, 4.69) is 10.0 Å². The number of hydrogen-bond acceptors (Lipinski definition) is 2. The summed E-state index contributed by atoms with van der Waals surface area (Å²) in [5, 5.41) is 3.75. The molecule has 4 nitrogen and oxygen atoms in total. The topological polar surface area (TPSA) is 74.8 Å². The Morgan fingerprint density at radius 3 is 3.00 bits per heavy atom. The first kappa shape index (κ1) is 12.4. The molecule has 0 saturated heterocycles. The number of nitrogens with two attached hydrogens (primary N) is 1. The molecular weight excluding hydrogens is 231 g/mol. The average Bonchev–Trinajstić information content (AvgIpc) is 2.25. The minimum absolute atomic E-state index is 0.0243. The maximum atomic E-state index is 13.1. The van der Waals surface area contributed by atoms with Gasteiger partial charge in [-0.15, -0.1) is 0 Å². The Hall–Kier alpha value is -1.71. The van der Waals surface area contributed by atoms with Crippen LogP contribution in [0.5, 0.6) is 0 Å². The van der Waals surface area contributed by atoms with Crippen LogP contribution in [-0.4, -0.2) is 6.54 Å². The van der Waals surface area contributed by atoms with Crippen LogP contribution in [0.2, 0.25) is 5.02 Å². The van der Waals surface area contributed by atoms with Crippen molar-refractivity contribution in [3.05, 3.63) is 45.1 Å².